The van der Waals surface area contributed by atoms with Crippen molar-refractivity contribution in [2.45, 2.75) is 45.1 Å². The molecule has 0 aromatic carbocycles. The van der Waals surface area contributed by atoms with E-state index in [9.17, 15) is 9.59 Å². The quantitative estimate of drug-likeness (QED) is 0.759. The number of esters is 1. The van der Waals surface area contributed by atoms with Gasteiger partial charge in [-0.2, -0.15) is 0 Å². The molecule has 1 fully saturated rings. The Morgan fingerprint density at radius 2 is 1.78 bits per heavy atom. The van der Waals surface area contributed by atoms with E-state index >= 15 is 0 Å². The zero-order valence-corrected chi connectivity index (χ0v) is 11.6. The molecule has 0 unspecified atom stereocenters. The van der Waals surface area contributed by atoms with Crippen LogP contribution in [0.2, 0.25) is 0 Å². The molecule has 0 radical (unpaired) electrons. The Morgan fingerprint density at radius 1 is 1.28 bits per heavy atom. The Morgan fingerprint density at radius 3 is 2.17 bits per heavy atom. The highest BCUT2D eigenvalue weighted by atomic mass is 16.5. The molecule has 1 aliphatic heterocycles. The second kappa shape index (κ2) is 6.18. The van der Waals surface area contributed by atoms with Crippen LogP contribution in [0.3, 0.4) is 0 Å². The van der Waals surface area contributed by atoms with Crippen LogP contribution in [0, 0.1) is 5.92 Å². The van der Waals surface area contributed by atoms with E-state index in [0.717, 1.165) is 0 Å². The van der Waals surface area contributed by atoms with Gasteiger partial charge >= 0.3 is 5.97 Å². The first-order valence-corrected chi connectivity index (χ1v) is 6.64. The van der Waals surface area contributed by atoms with Crippen LogP contribution >= 0.6 is 0 Å². The number of rotatable bonds is 4. The maximum Gasteiger partial charge on any atom is 0.308 e. The maximum absolute atomic E-state index is 12.3. The van der Waals surface area contributed by atoms with E-state index in [4.69, 9.17) is 10.5 Å². The summed E-state index contributed by atoms with van der Waals surface area (Å²) >= 11 is 0. The van der Waals surface area contributed by atoms with Crippen LogP contribution in [0.1, 0.15) is 39.5 Å². The number of piperidine rings is 1. The fourth-order valence-electron chi connectivity index (χ4n) is 2.35. The summed E-state index contributed by atoms with van der Waals surface area (Å²) in [5, 5.41) is 0. The number of nitrogens with zero attached hydrogens (tertiary/aromatic N) is 1. The standard InChI is InChI=1S/C13H24N2O3/c1-4-13(14,5-2)12(17)15-8-6-10(7-9-15)11(16)18-3/h10H,4-9,14H2,1-3H3. The molecule has 0 aromatic rings. The molecule has 2 N–H and O–H groups in total. The Bertz CT molecular complexity index is 305. The zero-order valence-electron chi connectivity index (χ0n) is 11.6. The van der Waals surface area contributed by atoms with Gasteiger partial charge in [0.2, 0.25) is 5.91 Å². The van der Waals surface area contributed by atoms with Crippen molar-refractivity contribution in [2.75, 3.05) is 20.2 Å². The monoisotopic (exact) mass is 256 g/mol. The van der Waals surface area contributed by atoms with Crippen LogP contribution in [-0.4, -0.2) is 42.5 Å². The van der Waals surface area contributed by atoms with E-state index in [-0.39, 0.29) is 17.8 Å². The van der Waals surface area contributed by atoms with E-state index < -0.39 is 5.54 Å². The molecular formula is C13H24N2O3. The highest BCUT2D eigenvalue weighted by Gasteiger charge is 2.36. The second-order valence-electron chi connectivity index (χ2n) is 4.95. The number of amides is 1. The van der Waals surface area contributed by atoms with Crippen molar-refractivity contribution in [1.82, 2.24) is 4.90 Å². The molecule has 0 spiro atoms. The lowest BCUT2D eigenvalue weighted by atomic mass is 9.90. The van der Waals surface area contributed by atoms with Gasteiger partial charge in [-0.15, -0.1) is 0 Å². The van der Waals surface area contributed by atoms with Gasteiger partial charge in [0.05, 0.1) is 18.6 Å². The van der Waals surface area contributed by atoms with Crippen LogP contribution in [0.15, 0.2) is 0 Å². The van der Waals surface area contributed by atoms with Gasteiger partial charge in [0.15, 0.2) is 0 Å². The average Bonchev–Trinajstić information content (AvgIpc) is 2.44. The van der Waals surface area contributed by atoms with Gasteiger partial charge in [-0.05, 0) is 25.7 Å². The SMILES string of the molecule is CCC(N)(CC)C(=O)N1CCC(C(=O)OC)CC1. The maximum atomic E-state index is 12.3. The lowest BCUT2D eigenvalue weighted by molar-refractivity contribution is -0.150. The number of ether oxygens (including phenoxy) is 1. The van der Waals surface area contributed by atoms with Crippen molar-refractivity contribution in [3.63, 3.8) is 0 Å². The van der Waals surface area contributed by atoms with E-state index in [1.165, 1.54) is 7.11 Å². The van der Waals surface area contributed by atoms with Gasteiger partial charge in [-0.25, -0.2) is 0 Å². The highest BCUT2D eigenvalue weighted by molar-refractivity contribution is 5.86. The molecule has 5 nitrogen and oxygen atoms in total. The topological polar surface area (TPSA) is 72.6 Å². The third kappa shape index (κ3) is 3.02. The predicted octanol–water partition coefficient (Wildman–Crippen LogP) is 0.915. The first-order valence-electron chi connectivity index (χ1n) is 6.64. The fraction of sp³-hybridized carbons (Fsp3) is 0.846. The van der Waals surface area contributed by atoms with Gasteiger partial charge in [0.1, 0.15) is 0 Å². The van der Waals surface area contributed by atoms with Crippen molar-refractivity contribution >= 4 is 11.9 Å². The van der Waals surface area contributed by atoms with Crippen molar-refractivity contribution in [3.8, 4) is 0 Å². The highest BCUT2D eigenvalue weighted by Crippen LogP contribution is 2.22. The summed E-state index contributed by atoms with van der Waals surface area (Å²) in [6, 6.07) is 0. The largest absolute Gasteiger partial charge is 0.469 e. The molecule has 1 saturated heterocycles. The number of hydrogen-bond donors (Lipinski definition) is 1. The number of hydrogen-bond acceptors (Lipinski definition) is 4. The van der Waals surface area contributed by atoms with E-state index in [1.54, 1.807) is 4.90 Å². The van der Waals surface area contributed by atoms with Gasteiger partial charge in [0, 0.05) is 13.1 Å². The lowest BCUT2D eigenvalue weighted by Crippen LogP contribution is -2.56. The van der Waals surface area contributed by atoms with Crippen molar-refractivity contribution in [1.29, 1.82) is 0 Å². The molecule has 1 rings (SSSR count). The van der Waals surface area contributed by atoms with Gasteiger partial charge < -0.3 is 15.4 Å². The summed E-state index contributed by atoms with van der Waals surface area (Å²) in [5.41, 5.74) is 5.36. The van der Waals surface area contributed by atoms with Crippen LogP contribution in [-0.2, 0) is 14.3 Å². The minimum atomic E-state index is -0.752. The Balaban J connectivity index is 2.58. The number of likely N-dealkylation sites (tertiary alicyclic amines) is 1. The predicted molar refractivity (Wildman–Crippen MR) is 68.8 cm³/mol. The zero-order chi connectivity index (χ0) is 13.8. The molecule has 0 aromatic heterocycles. The van der Waals surface area contributed by atoms with Crippen molar-refractivity contribution < 1.29 is 14.3 Å². The number of methoxy groups -OCH3 is 1. The lowest BCUT2D eigenvalue weighted by Gasteiger charge is -2.37. The van der Waals surface area contributed by atoms with Crippen LogP contribution in [0.4, 0.5) is 0 Å². The van der Waals surface area contributed by atoms with Crippen molar-refractivity contribution in [2.24, 2.45) is 11.7 Å². The van der Waals surface area contributed by atoms with E-state index in [2.05, 4.69) is 0 Å². The summed E-state index contributed by atoms with van der Waals surface area (Å²) in [4.78, 5) is 25.5. The Kier molecular flexibility index (Phi) is 5.14. The number of carbonyl (C=O) groups is 2. The summed E-state index contributed by atoms with van der Waals surface area (Å²) in [5.74, 6) is -0.239. The average molecular weight is 256 g/mol. The minimum absolute atomic E-state index is 0.0100. The van der Waals surface area contributed by atoms with Gasteiger partial charge in [-0.3, -0.25) is 9.59 Å². The molecule has 18 heavy (non-hydrogen) atoms. The molecule has 1 aliphatic rings. The first-order chi connectivity index (χ1) is 8.48. The fourth-order valence-corrected chi connectivity index (χ4v) is 2.35. The molecule has 1 amide bonds. The Hall–Kier alpha value is -1.10. The summed E-state index contributed by atoms with van der Waals surface area (Å²) in [6.45, 7) is 5.06. The second-order valence-corrected chi connectivity index (χ2v) is 4.95. The smallest absolute Gasteiger partial charge is 0.308 e. The minimum Gasteiger partial charge on any atom is -0.469 e. The van der Waals surface area contributed by atoms with Crippen molar-refractivity contribution in [3.05, 3.63) is 0 Å². The number of nitrogens with two attached hydrogens (primary N) is 1. The molecule has 0 aliphatic carbocycles. The molecule has 104 valence electrons. The third-order valence-corrected chi connectivity index (χ3v) is 4.00. The van der Waals surface area contributed by atoms with Gasteiger partial charge in [0.25, 0.3) is 0 Å². The molecular weight excluding hydrogens is 232 g/mol. The van der Waals surface area contributed by atoms with Gasteiger partial charge in [-0.1, -0.05) is 13.8 Å². The summed E-state index contributed by atoms with van der Waals surface area (Å²) in [7, 11) is 1.40. The van der Waals surface area contributed by atoms with E-state index in [1.807, 2.05) is 13.8 Å². The molecule has 5 heteroatoms. The Labute approximate surface area is 109 Å². The van der Waals surface area contributed by atoms with E-state index in [0.29, 0.717) is 38.8 Å². The van der Waals surface area contributed by atoms with Crippen LogP contribution < -0.4 is 5.73 Å². The molecule has 0 bridgehead atoms. The summed E-state index contributed by atoms with van der Waals surface area (Å²) < 4.78 is 4.73. The number of carbonyl (C=O) groups excluding carboxylic acids is 2. The molecule has 1 heterocycles. The normalized spacial score (nSPS) is 17.7. The first kappa shape index (κ1) is 15.0. The molecule has 0 atom stereocenters. The van der Waals surface area contributed by atoms with Crippen LogP contribution in [0.5, 0.6) is 0 Å². The van der Waals surface area contributed by atoms with Crippen LogP contribution in [0.25, 0.3) is 0 Å². The third-order valence-electron chi connectivity index (χ3n) is 4.00. The summed E-state index contributed by atoms with van der Waals surface area (Å²) in [6.07, 6.45) is 2.61. The molecule has 0 saturated carbocycles.